The Bertz CT molecular complexity index is 7310. The number of H-pyrrole nitrogens is 5. The van der Waals surface area contributed by atoms with Crippen LogP contribution in [0.2, 0.25) is 0 Å². The third-order valence-corrected chi connectivity index (χ3v) is 34.8. The molecule has 0 aromatic carbocycles. The quantitative estimate of drug-likeness (QED) is 0.0136. The number of rotatable bonds is 41. The van der Waals surface area contributed by atoms with Crippen LogP contribution in [0.25, 0.3) is 11.2 Å². The molecule has 8 aromatic heterocycles. The van der Waals surface area contributed by atoms with Crippen LogP contribution in [0, 0.1) is 41.5 Å². The first-order valence-corrected chi connectivity index (χ1v) is 61.1. The van der Waals surface area contributed by atoms with Gasteiger partial charge in [-0.05, 0) is 48.0 Å². The van der Waals surface area contributed by atoms with Crippen LogP contribution >= 0.6 is 47.1 Å². The molecular formula is C72H91N19O39P7S7-7. The third-order valence-electron chi connectivity index (χ3n) is 23.7. The van der Waals surface area contributed by atoms with Crippen LogP contribution in [0.5, 0.6) is 0 Å². The van der Waals surface area contributed by atoms with Crippen molar-refractivity contribution in [3.05, 3.63) is 192 Å². The van der Waals surface area contributed by atoms with Gasteiger partial charge in [0, 0.05) is 123 Å². The Morgan fingerprint density at radius 1 is 0.361 bits per heavy atom. The number of imidazole rings is 1. The normalized spacial score (nSPS) is 29.6. The molecule has 8 aromatic rings. The van der Waals surface area contributed by atoms with Gasteiger partial charge in [-0.1, -0.05) is 77.8 Å². The van der Waals surface area contributed by atoms with Gasteiger partial charge in [0.05, 0.1) is 94.8 Å². The molecule has 0 spiro atoms. The van der Waals surface area contributed by atoms with Crippen molar-refractivity contribution in [2.75, 3.05) is 64.0 Å². The minimum absolute atomic E-state index is 0.0155. The van der Waals surface area contributed by atoms with Gasteiger partial charge in [-0.25, -0.2) is 33.8 Å². The lowest BCUT2D eigenvalue weighted by molar-refractivity contribution is -0.221. The molecule has 144 heavy (non-hydrogen) atoms. The SMILES string of the molecule is CC[C@H]1O[C@@H](n2cc(C)c(=O)[nH]c2=O)CC1OP([O-])(=S)OC[C@H]1O[C@@H](n2cc(C)c(N)nc2=O)CC1OP(=O)([S-])OC[C@H]1O[C@@H](n2cc(C)c(N)nc2=O)CC1OP([O-])(=S)OC[C@H]1O[C@@H](n2cc(C)c(=O)[nH]c2=O)CC1OP([O-])(=S)OC[C@H]1O[C@@H](n2cc(C)c(=O)[nH]c2=O)CC1OP([O-])(=S)OC[C@H]1O[C@@H](n2cc(C)c(=O)[nH]c2=O)CC1OP([O-])(=S)OC[C@H]1O[C@@H](n2cnc3c(=O)[nH]c(N)nc32)CC1OP([O-])(=S)OC. The van der Waals surface area contributed by atoms with Crippen LogP contribution in [0.3, 0.4) is 0 Å². The second-order valence-corrected chi connectivity index (χ2v) is 52.8. The molecule has 14 unspecified atom stereocenters. The Kier molecular flexibility index (Phi) is 34.8. The lowest BCUT2D eigenvalue weighted by Crippen LogP contribution is -2.35. The smallest absolute Gasteiger partial charge is 0.351 e. The molecule has 792 valence electrons. The van der Waals surface area contributed by atoms with E-state index in [0.717, 1.165) is 53.1 Å². The summed E-state index contributed by atoms with van der Waals surface area (Å²) < 4.78 is 146. The van der Waals surface area contributed by atoms with Gasteiger partial charge in [0.1, 0.15) is 132 Å². The molecule has 7 fully saturated rings. The van der Waals surface area contributed by atoms with Crippen molar-refractivity contribution in [1.29, 1.82) is 0 Å². The molecule has 0 bridgehead atoms. The maximum atomic E-state index is 14.9. The predicted octanol–water partition coefficient (Wildman–Crippen LogP) is -3.54. The number of ether oxygens (including phenoxy) is 7. The Balaban J connectivity index is 0.632. The highest BCUT2D eigenvalue weighted by atomic mass is 32.7. The van der Waals surface area contributed by atoms with E-state index in [2.05, 4.69) is 44.9 Å². The van der Waals surface area contributed by atoms with Gasteiger partial charge in [0.2, 0.25) is 5.95 Å². The number of fused-ring (bicyclic) bond motifs is 1. The number of nitrogens with one attached hydrogen (secondary N) is 5. The number of nitrogens with two attached hydrogens (primary N) is 3. The lowest BCUT2D eigenvalue weighted by atomic mass is 10.1. The van der Waals surface area contributed by atoms with Crippen molar-refractivity contribution in [1.82, 2.24) is 76.8 Å². The molecule has 28 atom stereocenters. The summed E-state index contributed by atoms with van der Waals surface area (Å²) in [6.45, 7) is -29.0. The Morgan fingerprint density at radius 2 is 0.611 bits per heavy atom. The maximum Gasteiger partial charge on any atom is 0.351 e. The maximum absolute atomic E-state index is 14.9. The lowest BCUT2D eigenvalue weighted by Gasteiger charge is -2.36. The summed E-state index contributed by atoms with van der Waals surface area (Å²) in [5.74, 6) is -0.567. The minimum Gasteiger partial charge on any atom is -0.780 e. The summed E-state index contributed by atoms with van der Waals surface area (Å²) in [6.07, 6.45) is -23.8. The first kappa shape index (κ1) is 112. The third kappa shape index (κ3) is 26.8. The van der Waals surface area contributed by atoms with Crippen molar-refractivity contribution in [2.24, 2.45) is 0 Å². The average molecular weight is 2290 g/mol. The molecule has 58 nitrogen and oxygen atoms in total. The highest BCUT2D eigenvalue weighted by Gasteiger charge is 2.49. The van der Waals surface area contributed by atoms with Gasteiger partial charge in [-0.3, -0.25) is 85.4 Å². The summed E-state index contributed by atoms with van der Waals surface area (Å²) in [5, 5.41) is 0. The zero-order valence-electron chi connectivity index (χ0n) is 76.1. The number of hydrogen-bond donors (Lipinski definition) is 8. The number of nitrogen functional groups attached to an aromatic ring is 3. The highest BCUT2D eigenvalue weighted by molar-refractivity contribution is 8.32. The Hall–Kier alpha value is -6.37. The largest absolute Gasteiger partial charge is 0.780 e. The van der Waals surface area contributed by atoms with Crippen LogP contribution in [0.4, 0.5) is 17.6 Å². The number of aromatic amines is 5. The molecule has 7 saturated heterocycles. The molecule has 7 aliphatic rings. The number of anilines is 3. The van der Waals surface area contributed by atoms with E-state index in [4.69, 9.17) is 197 Å². The van der Waals surface area contributed by atoms with Crippen LogP contribution in [-0.2, 0) is 184 Å². The average Bonchev–Trinajstić information content (AvgIpc) is 1.62. The zero-order chi connectivity index (χ0) is 104. The van der Waals surface area contributed by atoms with E-state index in [9.17, 15) is 86.7 Å². The van der Waals surface area contributed by atoms with E-state index in [-0.39, 0.29) is 82.2 Å². The summed E-state index contributed by atoms with van der Waals surface area (Å²) >= 11 is 37.7. The van der Waals surface area contributed by atoms with E-state index >= 15 is 0 Å². The van der Waals surface area contributed by atoms with Crippen molar-refractivity contribution >= 4 is 159 Å². The number of aromatic nitrogens is 16. The molecule has 0 radical (unpaired) electrons. The molecule has 7 aliphatic heterocycles. The zero-order valence-corrected chi connectivity index (χ0v) is 88.1. The first-order valence-electron chi connectivity index (χ1n) is 43.2. The minimum atomic E-state index is -5.10. The van der Waals surface area contributed by atoms with Gasteiger partial charge < -0.3 is 155 Å². The summed E-state index contributed by atoms with van der Waals surface area (Å²) in [4.78, 5) is 256. The van der Waals surface area contributed by atoms with E-state index in [1.54, 1.807) is 6.92 Å². The highest BCUT2D eigenvalue weighted by Crippen LogP contribution is 2.57. The van der Waals surface area contributed by atoms with Crippen LogP contribution in [0.15, 0.2) is 96.2 Å². The van der Waals surface area contributed by atoms with Gasteiger partial charge >= 0.3 is 34.1 Å². The Morgan fingerprint density at radius 3 is 0.903 bits per heavy atom. The summed E-state index contributed by atoms with van der Waals surface area (Å²) in [6, 6.07) is 0. The van der Waals surface area contributed by atoms with E-state index in [1.165, 1.54) is 71.0 Å². The molecule has 15 rings (SSSR count). The topological polar surface area (TPSA) is 780 Å². The molecule has 11 N–H and O–H groups in total. The van der Waals surface area contributed by atoms with Gasteiger partial charge in [-0.15, -0.1) is 0 Å². The molecule has 0 aliphatic carbocycles. The van der Waals surface area contributed by atoms with Crippen molar-refractivity contribution in [2.45, 2.75) is 229 Å². The fourth-order valence-corrected chi connectivity index (χ4v) is 26.2. The van der Waals surface area contributed by atoms with Gasteiger partial charge in [0.15, 0.2) is 18.0 Å². The molecule has 0 amide bonds. The number of nitrogens with zero attached hydrogens (tertiary/aromatic N) is 11. The number of aryl methyl sites for hydroxylation is 6. The van der Waals surface area contributed by atoms with E-state index < -0.39 is 303 Å². The summed E-state index contributed by atoms with van der Waals surface area (Å²) in [7, 11) is 1.02. The standard InChI is InChI=1S/C72H98N19O39P7S7/c1-9-36-37(10-50(117-36)87-19-32(4)61(92)81-69(87)99)125-132(104,139)111-24-45-39(11-51(118-45)85-17-30(2)58(73)77-67(85)97)126-134(106,141)113-25-46-40(12-52(119-46)86-18-31(3)59(74)78-68(86)98)127-135(107,142)114-26-48-42(14-54(121-48)89-21-34(6)63(94)83-71(89)101)129-137(109,144)116-28-49-43(15-55(122-49)90-22-35(7)64(95)84-72(90)102)130-136(108,143)115-27-47-41(13-53(120-47)88-20-33(5)62(93)82-70(88)100)128-133(105,140)112-23-44-38(124-131(103,138)110-8)16-56(123-44)91-29-76-57-60(91)79-66(75)80-65(57)96/h17-22,29,36-56H,9-16,23-28H2,1-8H3,(H,103,138)(H,104,139)(H,105,140)(H,106,141)(H,107,142)(H,108,143)(H,109,144)(H2,73,77,97)(H2,74,78,98)(H,81,92,99)(H,82,93,100)(H,83,94,101)(H,84,95,102)(H3,75,79,80,96)/p-7/t36-,37?,38?,39?,40?,41?,42?,43?,44-,45-,46-,47-,48-,49-,50-,51-,52-,53-,54-,55-,56-,131?,132?,133?,134?,135?,136?,137?/m1/s1. The second-order valence-electron chi connectivity index (χ2n) is 33.7. The van der Waals surface area contributed by atoms with E-state index in [1.807, 2.05) is 0 Å². The van der Waals surface area contributed by atoms with Gasteiger partial charge in [0.25, 0.3) is 27.8 Å². The monoisotopic (exact) mass is 2290 g/mol. The van der Waals surface area contributed by atoms with Crippen molar-refractivity contribution in [3.63, 3.8) is 0 Å². The molecule has 0 saturated carbocycles. The van der Waals surface area contributed by atoms with Crippen molar-refractivity contribution < 1.29 is 130 Å². The molecular weight excluding hydrogens is 2200 g/mol. The first-order chi connectivity index (χ1) is 67.5. The fraction of sp³-hybridized carbons (Fsp3) is 0.597. The second kappa shape index (κ2) is 44.9. The van der Waals surface area contributed by atoms with Crippen LogP contribution in [-0.4, -0.2) is 209 Å². The molecule has 15 heterocycles. The van der Waals surface area contributed by atoms with Crippen LogP contribution < -0.4 is 108 Å². The van der Waals surface area contributed by atoms with Gasteiger partial charge in [-0.2, -0.15) is 15.0 Å². The predicted molar refractivity (Wildman–Crippen MR) is 510 cm³/mol. The Labute approximate surface area is 845 Å². The summed E-state index contributed by atoms with van der Waals surface area (Å²) in [5.41, 5.74) is 8.89. The van der Waals surface area contributed by atoms with Crippen molar-refractivity contribution in [3.8, 4) is 0 Å². The molecule has 72 heteroatoms. The van der Waals surface area contributed by atoms with Crippen LogP contribution in [0.1, 0.15) is 135 Å². The van der Waals surface area contributed by atoms with E-state index in [0.29, 0.717) is 5.56 Å². The number of hydrogen-bond acceptors (Lipinski definition) is 53. The fourth-order valence-electron chi connectivity index (χ4n) is 16.4.